The van der Waals surface area contributed by atoms with Crippen molar-refractivity contribution >= 4 is 17.6 Å². The Morgan fingerprint density at radius 3 is 2.50 bits per heavy atom. The molecule has 2 aromatic rings. The molecule has 0 bridgehead atoms. The van der Waals surface area contributed by atoms with Gasteiger partial charge in [0.05, 0.1) is 5.56 Å². The summed E-state index contributed by atoms with van der Waals surface area (Å²) in [4.78, 5) is 18.8. The largest absolute Gasteiger partial charge is 0.379 e. The summed E-state index contributed by atoms with van der Waals surface area (Å²) in [7, 11) is 0. The molecule has 8 nitrogen and oxygen atoms in total. The molecule has 1 aromatic heterocycles. The van der Waals surface area contributed by atoms with Gasteiger partial charge in [0.1, 0.15) is 0 Å². The van der Waals surface area contributed by atoms with Crippen LogP contribution in [-0.2, 0) is 4.84 Å². The first-order valence-corrected chi connectivity index (χ1v) is 6.85. The Morgan fingerprint density at radius 1 is 1.27 bits per heavy atom. The minimum Gasteiger partial charge on any atom is -0.379 e. The van der Waals surface area contributed by atoms with Gasteiger partial charge in [0.2, 0.25) is 5.84 Å². The Morgan fingerprint density at radius 2 is 1.95 bits per heavy atom. The normalized spacial score (nSPS) is 11.3. The third-order valence-corrected chi connectivity index (χ3v) is 3.01. The summed E-state index contributed by atoms with van der Waals surface area (Å²) in [6.45, 7) is 5.12. The first-order valence-electron chi connectivity index (χ1n) is 6.85. The van der Waals surface area contributed by atoms with E-state index in [1.165, 1.54) is 0 Å². The highest BCUT2D eigenvalue weighted by atomic mass is 16.7. The molecule has 0 aliphatic rings. The molecule has 2 rings (SSSR count). The highest BCUT2D eigenvalue weighted by molar-refractivity contribution is 6.00. The predicted molar refractivity (Wildman–Crippen MR) is 80.0 cm³/mol. The van der Waals surface area contributed by atoms with E-state index < -0.39 is 5.97 Å². The van der Waals surface area contributed by atoms with E-state index in [0.29, 0.717) is 24.5 Å². The number of rotatable bonds is 5. The number of oxime groups is 1. The Labute approximate surface area is 127 Å². The Kier molecular flexibility index (Phi) is 5.07. The van der Waals surface area contributed by atoms with Crippen molar-refractivity contribution in [1.29, 1.82) is 0 Å². The van der Waals surface area contributed by atoms with Crippen LogP contribution in [0.3, 0.4) is 0 Å². The number of nitrogen functional groups attached to an aromatic ring is 1. The summed E-state index contributed by atoms with van der Waals surface area (Å²) >= 11 is 0. The number of carbonyl (C=O) groups is 1. The lowest BCUT2D eigenvalue weighted by Crippen LogP contribution is -2.32. The van der Waals surface area contributed by atoms with Crippen molar-refractivity contribution in [3.8, 4) is 0 Å². The summed E-state index contributed by atoms with van der Waals surface area (Å²) in [6.07, 6.45) is 0. The Balaban J connectivity index is 2.25. The molecular weight excluding hydrogens is 286 g/mol. The molecule has 2 N–H and O–H groups in total. The molecule has 0 spiro atoms. The summed E-state index contributed by atoms with van der Waals surface area (Å²) in [5.74, 6) is -0.185. The average molecular weight is 303 g/mol. The highest BCUT2D eigenvalue weighted by Crippen LogP contribution is 2.11. The zero-order valence-corrected chi connectivity index (χ0v) is 12.4. The maximum atomic E-state index is 12.0. The lowest BCUT2D eigenvalue weighted by Gasteiger charge is -2.20. The van der Waals surface area contributed by atoms with Crippen molar-refractivity contribution in [1.82, 2.24) is 15.2 Å². The summed E-state index contributed by atoms with van der Waals surface area (Å²) in [5, 5.41) is 11.1. The topological polar surface area (TPSA) is 107 Å². The quantitative estimate of drug-likeness (QED) is 0.386. The third-order valence-electron chi connectivity index (χ3n) is 3.01. The minimum atomic E-state index is -0.569. The highest BCUT2D eigenvalue weighted by Gasteiger charge is 2.20. The third kappa shape index (κ3) is 3.40. The van der Waals surface area contributed by atoms with Gasteiger partial charge < -0.3 is 15.5 Å². The minimum absolute atomic E-state index is 0.0846. The van der Waals surface area contributed by atoms with Crippen LogP contribution in [0.4, 0.5) is 5.82 Å². The van der Waals surface area contributed by atoms with Crippen LogP contribution in [0.2, 0.25) is 0 Å². The van der Waals surface area contributed by atoms with Crippen LogP contribution < -0.4 is 5.73 Å². The number of anilines is 1. The second-order valence-corrected chi connectivity index (χ2v) is 4.33. The molecule has 0 atom stereocenters. The number of amidine groups is 1. The number of carbonyl (C=O) groups excluding carboxylic acids is 1. The Bertz CT molecular complexity index is 650. The smallest absolute Gasteiger partial charge is 0.365 e. The van der Waals surface area contributed by atoms with Crippen LogP contribution >= 0.6 is 0 Å². The number of aromatic nitrogens is 2. The molecule has 0 unspecified atom stereocenters. The molecule has 1 aromatic carbocycles. The lowest BCUT2D eigenvalue weighted by molar-refractivity contribution is 0.0510. The molecule has 8 heteroatoms. The molecule has 22 heavy (non-hydrogen) atoms. The van der Waals surface area contributed by atoms with Crippen molar-refractivity contribution in [2.24, 2.45) is 5.16 Å². The fourth-order valence-corrected chi connectivity index (χ4v) is 1.84. The molecular formula is C14H17N5O3. The van der Waals surface area contributed by atoms with E-state index >= 15 is 0 Å². The first-order chi connectivity index (χ1) is 10.7. The number of hydrogen-bond acceptors (Lipinski definition) is 7. The molecule has 0 saturated carbocycles. The van der Waals surface area contributed by atoms with Crippen LogP contribution in [-0.4, -0.2) is 40.1 Å². The number of nitrogens with zero attached hydrogens (tertiary/aromatic N) is 4. The van der Waals surface area contributed by atoms with Gasteiger partial charge in [-0.15, -0.1) is 0 Å². The molecule has 0 saturated heterocycles. The SMILES string of the molecule is CCN(CC)/C(=N/OC(=O)c1ccccc1)c1nonc1N. The van der Waals surface area contributed by atoms with Gasteiger partial charge in [-0.1, -0.05) is 23.4 Å². The molecule has 0 fully saturated rings. The lowest BCUT2D eigenvalue weighted by atomic mass is 10.2. The number of hydrogen-bond donors (Lipinski definition) is 1. The fourth-order valence-electron chi connectivity index (χ4n) is 1.84. The van der Waals surface area contributed by atoms with Crippen LogP contribution in [0.5, 0.6) is 0 Å². The number of nitrogens with two attached hydrogens (primary N) is 1. The monoisotopic (exact) mass is 303 g/mol. The van der Waals surface area contributed by atoms with Crippen molar-refractivity contribution in [3.63, 3.8) is 0 Å². The van der Waals surface area contributed by atoms with E-state index in [-0.39, 0.29) is 11.5 Å². The van der Waals surface area contributed by atoms with Gasteiger partial charge in [-0.2, -0.15) is 0 Å². The second kappa shape index (κ2) is 7.21. The van der Waals surface area contributed by atoms with E-state index in [9.17, 15) is 4.79 Å². The van der Waals surface area contributed by atoms with Crippen molar-refractivity contribution in [3.05, 3.63) is 41.6 Å². The van der Waals surface area contributed by atoms with Gasteiger partial charge >= 0.3 is 5.97 Å². The van der Waals surface area contributed by atoms with Gasteiger partial charge in [-0.05, 0) is 36.3 Å². The Hall–Kier alpha value is -2.90. The first kappa shape index (κ1) is 15.5. The molecule has 1 heterocycles. The van der Waals surface area contributed by atoms with Gasteiger partial charge in [-0.25, -0.2) is 9.42 Å². The fraction of sp³-hybridized carbons (Fsp3) is 0.286. The maximum Gasteiger partial charge on any atom is 0.365 e. The summed E-state index contributed by atoms with van der Waals surface area (Å²) in [5.41, 5.74) is 6.33. The van der Waals surface area contributed by atoms with E-state index in [1.807, 2.05) is 24.8 Å². The zero-order chi connectivity index (χ0) is 15.9. The van der Waals surface area contributed by atoms with Gasteiger partial charge in [0.15, 0.2) is 11.5 Å². The van der Waals surface area contributed by atoms with Crippen molar-refractivity contribution in [2.75, 3.05) is 18.8 Å². The molecule has 0 radical (unpaired) electrons. The van der Waals surface area contributed by atoms with Gasteiger partial charge in [-0.3, -0.25) is 0 Å². The van der Waals surface area contributed by atoms with Crippen LogP contribution in [0.1, 0.15) is 29.9 Å². The van der Waals surface area contributed by atoms with Crippen LogP contribution in [0.25, 0.3) is 0 Å². The predicted octanol–water partition coefficient (Wildman–Crippen LogP) is 1.51. The van der Waals surface area contributed by atoms with E-state index in [4.69, 9.17) is 10.6 Å². The van der Waals surface area contributed by atoms with Crippen LogP contribution in [0.15, 0.2) is 40.1 Å². The van der Waals surface area contributed by atoms with E-state index in [0.717, 1.165) is 0 Å². The summed E-state index contributed by atoms with van der Waals surface area (Å²) in [6, 6.07) is 8.57. The second-order valence-electron chi connectivity index (χ2n) is 4.33. The van der Waals surface area contributed by atoms with E-state index in [1.54, 1.807) is 24.3 Å². The molecule has 0 amide bonds. The number of benzene rings is 1. The van der Waals surface area contributed by atoms with E-state index in [2.05, 4.69) is 20.1 Å². The average Bonchev–Trinajstić information content (AvgIpc) is 2.98. The summed E-state index contributed by atoms with van der Waals surface area (Å²) < 4.78 is 4.58. The standard InChI is InChI=1S/C14H17N5O3/c1-3-19(4-2)13(11-12(15)17-22-16-11)18-21-14(20)10-8-6-5-7-9-10/h5-9H,3-4H2,1-2H3,(H2,15,17)/b18-13+. The molecule has 0 aliphatic carbocycles. The van der Waals surface area contributed by atoms with Gasteiger partial charge in [0, 0.05) is 13.1 Å². The van der Waals surface area contributed by atoms with Crippen molar-refractivity contribution < 1.29 is 14.3 Å². The van der Waals surface area contributed by atoms with Gasteiger partial charge in [0.25, 0.3) is 0 Å². The molecule has 0 aliphatic heterocycles. The van der Waals surface area contributed by atoms with Crippen LogP contribution in [0, 0.1) is 0 Å². The van der Waals surface area contributed by atoms with Crippen molar-refractivity contribution in [2.45, 2.75) is 13.8 Å². The zero-order valence-electron chi connectivity index (χ0n) is 12.4. The molecule has 116 valence electrons. The maximum absolute atomic E-state index is 12.0.